The molecule has 1 aliphatic rings. The highest BCUT2D eigenvalue weighted by molar-refractivity contribution is 5.85. The molecule has 1 aliphatic heterocycles. The lowest BCUT2D eigenvalue weighted by Gasteiger charge is -2.27. The van der Waals surface area contributed by atoms with E-state index in [2.05, 4.69) is 10.1 Å². The van der Waals surface area contributed by atoms with Gasteiger partial charge in [-0.05, 0) is 12.0 Å². The van der Waals surface area contributed by atoms with Crippen molar-refractivity contribution < 1.29 is 27.6 Å². The number of aromatic nitrogens is 3. The number of aryl methyl sites for hydroxylation is 1. The Morgan fingerprint density at radius 2 is 2.10 bits per heavy atom. The Morgan fingerprint density at radius 3 is 2.59 bits per heavy atom. The van der Waals surface area contributed by atoms with Crippen molar-refractivity contribution in [3.8, 4) is 17.0 Å². The number of methoxy groups -OCH3 is 1. The SMILES string of the molecule is COc1nc(C2=CCN(C(=O)C(F)(F)F)CC2)c(-c2cnn(C)c2)cc1[N+](=O)[O-]. The van der Waals surface area contributed by atoms with Crippen LogP contribution in [-0.2, 0) is 11.8 Å². The van der Waals surface area contributed by atoms with Crippen molar-refractivity contribution in [1.82, 2.24) is 19.7 Å². The number of nitro groups is 1. The molecule has 0 radical (unpaired) electrons. The lowest BCUT2D eigenvalue weighted by Crippen LogP contribution is -2.43. The Kier molecular flexibility index (Phi) is 5.27. The van der Waals surface area contributed by atoms with Crippen LogP contribution in [0.5, 0.6) is 5.88 Å². The van der Waals surface area contributed by atoms with Gasteiger partial charge >= 0.3 is 17.8 Å². The highest BCUT2D eigenvalue weighted by Gasteiger charge is 2.42. The van der Waals surface area contributed by atoms with E-state index in [0.29, 0.717) is 27.3 Å². The Bertz CT molecular complexity index is 999. The van der Waals surface area contributed by atoms with Crippen LogP contribution in [0.1, 0.15) is 12.1 Å². The molecule has 0 spiro atoms. The summed E-state index contributed by atoms with van der Waals surface area (Å²) in [7, 11) is 2.91. The average molecular weight is 411 g/mol. The third kappa shape index (κ3) is 4.05. The number of nitrogens with zero attached hydrogens (tertiary/aromatic N) is 5. The van der Waals surface area contributed by atoms with Gasteiger partial charge in [-0.1, -0.05) is 6.08 Å². The summed E-state index contributed by atoms with van der Waals surface area (Å²) in [6.07, 6.45) is -0.246. The van der Waals surface area contributed by atoms with Crippen LogP contribution in [0.4, 0.5) is 18.9 Å². The molecule has 0 fully saturated rings. The zero-order valence-corrected chi connectivity index (χ0v) is 15.4. The largest absolute Gasteiger partial charge is 0.476 e. The summed E-state index contributed by atoms with van der Waals surface area (Å²) in [6, 6.07) is 1.30. The molecule has 12 heteroatoms. The zero-order valence-electron chi connectivity index (χ0n) is 15.4. The van der Waals surface area contributed by atoms with Crippen LogP contribution in [0.2, 0.25) is 0 Å². The summed E-state index contributed by atoms with van der Waals surface area (Å²) in [5.41, 5.74) is 1.49. The molecule has 0 aliphatic carbocycles. The molecule has 2 aromatic rings. The van der Waals surface area contributed by atoms with E-state index in [4.69, 9.17) is 4.74 Å². The van der Waals surface area contributed by atoms with Crippen molar-refractivity contribution >= 4 is 17.2 Å². The number of pyridine rings is 1. The lowest BCUT2D eigenvalue weighted by atomic mass is 9.96. The van der Waals surface area contributed by atoms with E-state index in [1.54, 1.807) is 13.2 Å². The van der Waals surface area contributed by atoms with E-state index >= 15 is 0 Å². The highest BCUT2D eigenvalue weighted by Crippen LogP contribution is 2.37. The number of hydrogen-bond donors (Lipinski definition) is 0. The van der Waals surface area contributed by atoms with Gasteiger partial charge in [0, 0.05) is 43.5 Å². The Labute approximate surface area is 162 Å². The average Bonchev–Trinajstić information content (AvgIpc) is 3.11. The van der Waals surface area contributed by atoms with Crippen molar-refractivity contribution in [1.29, 1.82) is 0 Å². The van der Waals surface area contributed by atoms with Crippen LogP contribution in [0.25, 0.3) is 16.7 Å². The van der Waals surface area contributed by atoms with E-state index in [0.717, 1.165) is 0 Å². The standard InChI is InChI=1S/C17H16F3N5O4/c1-23-9-11(8-21-23)12-7-13(25(27)28)15(29-2)22-14(12)10-3-5-24(6-4-10)16(26)17(18,19)20/h3,7-9H,4-6H2,1-2H3. The van der Waals surface area contributed by atoms with E-state index < -0.39 is 17.0 Å². The molecule has 0 unspecified atom stereocenters. The van der Waals surface area contributed by atoms with Crippen LogP contribution < -0.4 is 4.74 Å². The topological polar surface area (TPSA) is 103 Å². The Morgan fingerprint density at radius 1 is 1.38 bits per heavy atom. The number of carbonyl (C=O) groups excluding carboxylic acids is 1. The molecule has 0 aromatic carbocycles. The molecule has 3 rings (SSSR count). The second-order valence-corrected chi connectivity index (χ2v) is 6.30. The first kappa shape index (κ1) is 20.3. The van der Waals surface area contributed by atoms with Gasteiger partial charge in [0.15, 0.2) is 0 Å². The van der Waals surface area contributed by atoms with E-state index in [-0.39, 0.29) is 31.1 Å². The molecule has 154 valence electrons. The predicted octanol–water partition coefficient (Wildman–Crippen LogP) is 2.58. The van der Waals surface area contributed by atoms with Crippen molar-refractivity contribution in [2.75, 3.05) is 20.2 Å². The number of halogens is 3. The minimum Gasteiger partial charge on any atom is -0.476 e. The highest BCUT2D eigenvalue weighted by atomic mass is 19.4. The Balaban J connectivity index is 2.05. The lowest BCUT2D eigenvalue weighted by molar-refractivity contribution is -0.386. The third-order valence-corrected chi connectivity index (χ3v) is 4.42. The van der Waals surface area contributed by atoms with E-state index in [9.17, 15) is 28.1 Å². The minimum absolute atomic E-state index is 0.100. The summed E-state index contributed by atoms with van der Waals surface area (Å²) in [6.45, 7) is -0.404. The van der Waals surface area contributed by atoms with E-state index in [1.807, 2.05) is 0 Å². The number of rotatable bonds is 4. The number of carbonyl (C=O) groups is 1. The number of ether oxygens (including phenoxy) is 1. The predicted molar refractivity (Wildman–Crippen MR) is 94.9 cm³/mol. The summed E-state index contributed by atoms with van der Waals surface area (Å²) >= 11 is 0. The van der Waals surface area contributed by atoms with Gasteiger partial charge in [-0.3, -0.25) is 19.6 Å². The molecule has 2 aromatic heterocycles. The fourth-order valence-electron chi connectivity index (χ4n) is 3.04. The van der Waals surface area contributed by atoms with Crippen molar-refractivity contribution in [2.24, 2.45) is 7.05 Å². The van der Waals surface area contributed by atoms with Crippen LogP contribution in [0.3, 0.4) is 0 Å². The molecule has 3 heterocycles. The van der Waals surface area contributed by atoms with E-state index in [1.165, 1.54) is 30.1 Å². The summed E-state index contributed by atoms with van der Waals surface area (Å²) < 4.78 is 44.5. The van der Waals surface area contributed by atoms with Gasteiger partial charge in [0.2, 0.25) is 0 Å². The maximum absolute atomic E-state index is 12.6. The Hall–Kier alpha value is -3.44. The van der Waals surface area contributed by atoms with Crippen molar-refractivity contribution in [2.45, 2.75) is 12.6 Å². The molecule has 29 heavy (non-hydrogen) atoms. The number of amides is 1. The molecule has 9 nitrogen and oxygen atoms in total. The number of hydrogen-bond acceptors (Lipinski definition) is 6. The number of alkyl halides is 3. The maximum Gasteiger partial charge on any atom is 0.471 e. The fraction of sp³-hybridized carbons (Fsp3) is 0.353. The van der Waals surface area contributed by atoms with Crippen molar-refractivity contribution in [3.05, 3.63) is 40.3 Å². The first-order valence-corrected chi connectivity index (χ1v) is 8.39. The fourth-order valence-corrected chi connectivity index (χ4v) is 3.04. The zero-order chi connectivity index (χ0) is 21.3. The first-order valence-electron chi connectivity index (χ1n) is 8.39. The summed E-state index contributed by atoms with van der Waals surface area (Å²) in [5.74, 6) is -2.12. The molecule has 0 N–H and O–H groups in total. The van der Waals surface area contributed by atoms with Gasteiger partial charge in [0.25, 0.3) is 5.88 Å². The van der Waals surface area contributed by atoms with Gasteiger partial charge in [0.05, 0.1) is 23.9 Å². The van der Waals surface area contributed by atoms with Crippen molar-refractivity contribution in [3.63, 3.8) is 0 Å². The minimum atomic E-state index is -4.94. The molecule has 1 amide bonds. The van der Waals surface area contributed by atoms with Crippen LogP contribution >= 0.6 is 0 Å². The molecule has 0 atom stereocenters. The maximum atomic E-state index is 12.6. The molecule has 0 saturated carbocycles. The molecular formula is C17H16F3N5O4. The van der Waals surface area contributed by atoms with Crippen LogP contribution in [0.15, 0.2) is 24.5 Å². The second kappa shape index (κ2) is 7.53. The van der Waals surface area contributed by atoms with Gasteiger partial charge in [-0.15, -0.1) is 0 Å². The van der Waals surface area contributed by atoms with Crippen LogP contribution in [0, 0.1) is 10.1 Å². The van der Waals surface area contributed by atoms with Gasteiger partial charge < -0.3 is 9.64 Å². The molecule has 0 saturated heterocycles. The smallest absolute Gasteiger partial charge is 0.471 e. The third-order valence-electron chi connectivity index (χ3n) is 4.42. The molecule has 0 bridgehead atoms. The quantitative estimate of drug-likeness (QED) is 0.566. The van der Waals surface area contributed by atoms with Crippen LogP contribution in [-0.4, -0.2) is 56.9 Å². The monoisotopic (exact) mass is 411 g/mol. The van der Waals surface area contributed by atoms with Gasteiger partial charge in [-0.2, -0.15) is 18.3 Å². The van der Waals surface area contributed by atoms with Gasteiger partial charge in [-0.25, -0.2) is 4.98 Å². The first-order chi connectivity index (χ1) is 13.6. The summed E-state index contributed by atoms with van der Waals surface area (Å²) in [4.78, 5) is 27.1. The molecular weight excluding hydrogens is 395 g/mol. The van der Waals surface area contributed by atoms with Gasteiger partial charge in [0.1, 0.15) is 0 Å². The normalized spacial score (nSPS) is 14.5. The second-order valence-electron chi connectivity index (χ2n) is 6.30. The summed E-state index contributed by atoms with van der Waals surface area (Å²) in [5, 5.41) is 15.4.